The molecule has 1 aromatic heterocycles. The normalized spacial score (nSPS) is 19.6. The van der Waals surface area contributed by atoms with Crippen LogP contribution in [0.15, 0.2) is 30.3 Å². The van der Waals surface area contributed by atoms with Gasteiger partial charge in [0.2, 0.25) is 5.95 Å². The van der Waals surface area contributed by atoms with Crippen molar-refractivity contribution < 1.29 is 31.8 Å². The monoisotopic (exact) mass is 577 g/mol. The largest absolute Gasteiger partial charge is 0.460 e. The molecule has 220 valence electrons. The minimum Gasteiger partial charge on any atom is -0.460 e. The van der Waals surface area contributed by atoms with Gasteiger partial charge in [0.1, 0.15) is 17.3 Å². The van der Waals surface area contributed by atoms with Gasteiger partial charge >= 0.3 is 5.97 Å². The predicted molar refractivity (Wildman–Crippen MR) is 153 cm³/mol. The highest BCUT2D eigenvalue weighted by Gasteiger charge is 2.36. The topological polar surface area (TPSA) is 117 Å². The van der Waals surface area contributed by atoms with E-state index in [1.165, 1.54) is 12.1 Å². The lowest BCUT2D eigenvalue weighted by Crippen LogP contribution is -2.45. The van der Waals surface area contributed by atoms with E-state index >= 15 is 0 Å². The lowest BCUT2D eigenvalue weighted by molar-refractivity contribution is -0.290. The summed E-state index contributed by atoms with van der Waals surface area (Å²) in [6.45, 7) is 13.0. The molecule has 0 saturated carbocycles. The van der Waals surface area contributed by atoms with Crippen LogP contribution >= 0.6 is 0 Å². The first-order chi connectivity index (χ1) is 18.4. The van der Waals surface area contributed by atoms with E-state index in [4.69, 9.17) is 14.2 Å². The predicted octanol–water partition coefficient (Wildman–Crippen LogP) is 5.48. The first-order valence-electron chi connectivity index (χ1n) is 13.3. The smallest absolute Gasteiger partial charge is 0.308 e. The highest BCUT2D eigenvalue weighted by atomic mass is 32.2. The van der Waals surface area contributed by atoms with Crippen LogP contribution in [-0.4, -0.2) is 60.1 Å². The molecule has 0 radical (unpaired) electrons. The molecule has 0 amide bonds. The molecule has 2 atom stereocenters. The van der Waals surface area contributed by atoms with Crippen LogP contribution in [0.25, 0.3) is 17.3 Å². The number of sulfone groups is 1. The second kappa shape index (κ2) is 12.3. The van der Waals surface area contributed by atoms with Crippen LogP contribution in [0.2, 0.25) is 0 Å². The number of esters is 1. The highest BCUT2D eigenvalue weighted by Crippen LogP contribution is 2.33. The van der Waals surface area contributed by atoms with E-state index in [1.54, 1.807) is 26.0 Å². The van der Waals surface area contributed by atoms with Crippen LogP contribution in [0.5, 0.6) is 0 Å². The zero-order valence-corrected chi connectivity index (χ0v) is 25.3. The third-order valence-electron chi connectivity index (χ3n) is 5.80. The van der Waals surface area contributed by atoms with Crippen molar-refractivity contribution in [3.8, 4) is 11.3 Å². The van der Waals surface area contributed by atoms with E-state index in [1.807, 2.05) is 46.8 Å². The Kier molecular flexibility index (Phi) is 9.74. The number of nitrogens with zero attached hydrogens (tertiary/aromatic N) is 2. The Bertz CT molecular complexity index is 1330. The Hall–Kier alpha value is -2.89. The Morgan fingerprint density at radius 2 is 1.85 bits per heavy atom. The van der Waals surface area contributed by atoms with Gasteiger partial charge in [-0.25, -0.2) is 22.8 Å². The van der Waals surface area contributed by atoms with E-state index in [0.717, 1.165) is 6.26 Å². The molecule has 11 heteroatoms. The van der Waals surface area contributed by atoms with Gasteiger partial charge in [-0.15, -0.1) is 0 Å². The molecular formula is C29H40FN3O6S. The van der Waals surface area contributed by atoms with Crippen LogP contribution in [0.3, 0.4) is 0 Å². The summed E-state index contributed by atoms with van der Waals surface area (Å²) in [6, 6.07) is 5.92. The number of anilines is 1. The van der Waals surface area contributed by atoms with Crippen molar-refractivity contribution in [2.24, 2.45) is 0 Å². The fourth-order valence-corrected chi connectivity index (χ4v) is 4.75. The fourth-order valence-electron chi connectivity index (χ4n) is 4.36. The maximum Gasteiger partial charge on any atom is 0.308 e. The summed E-state index contributed by atoms with van der Waals surface area (Å²) in [7, 11) is -3.32. The van der Waals surface area contributed by atoms with E-state index in [-0.39, 0.29) is 42.1 Å². The Morgan fingerprint density at radius 3 is 2.42 bits per heavy atom. The molecule has 1 saturated heterocycles. The van der Waals surface area contributed by atoms with Crippen molar-refractivity contribution in [3.05, 3.63) is 47.4 Å². The second-order valence-electron chi connectivity index (χ2n) is 11.8. The molecule has 3 rings (SSSR count). The van der Waals surface area contributed by atoms with Gasteiger partial charge in [0.15, 0.2) is 15.6 Å². The zero-order chi connectivity index (χ0) is 29.9. The van der Waals surface area contributed by atoms with E-state index in [9.17, 15) is 17.6 Å². The van der Waals surface area contributed by atoms with Gasteiger partial charge in [0.05, 0.1) is 30.0 Å². The van der Waals surface area contributed by atoms with Gasteiger partial charge in [0, 0.05) is 23.8 Å². The number of carbonyl (C=O) groups excluding carboxylic acids is 1. The number of rotatable bonds is 9. The van der Waals surface area contributed by atoms with Crippen molar-refractivity contribution >= 4 is 27.8 Å². The van der Waals surface area contributed by atoms with Gasteiger partial charge in [-0.05, 0) is 64.8 Å². The average Bonchev–Trinajstić information content (AvgIpc) is 2.79. The number of benzene rings is 1. The molecule has 1 N–H and O–H groups in total. The van der Waals surface area contributed by atoms with Crippen LogP contribution in [0, 0.1) is 5.82 Å². The molecule has 2 aromatic rings. The minimum absolute atomic E-state index is 0.0485. The molecule has 40 heavy (non-hydrogen) atoms. The summed E-state index contributed by atoms with van der Waals surface area (Å²) in [5, 5.41) is 2.79. The Labute approximate surface area is 236 Å². The number of ether oxygens (including phenoxy) is 3. The molecule has 9 nitrogen and oxygen atoms in total. The molecule has 0 aliphatic carbocycles. The number of halogens is 1. The van der Waals surface area contributed by atoms with Crippen LogP contribution in [0.1, 0.15) is 78.5 Å². The number of nitrogens with one attached hydrogen (secondary N) is 1. The first-order valence-corrected chi connectivity index (χ1v) is 15.3. The summed E-state index contributed by atoms with van der Waals surface area (Å²) >= 11 is 0. The maximum absolute atomic E-state index is 13.7. The molecule has 1 aliphatic heterocycles. The van der Waals surface area contributed by atoms with Crippen LogP contribution < -0.4 is 5.32 Å². The van der Waals surface area contributed by atoms with Crippen molar-refractivity contribution in [1.82, 2.24) is 9.97 Å². The minimum atomic E-state index is -3.32. The fraction of sp³-hybridized carbons (Fsp3) is 0.552. The van der Waals surface area contributed by atoms with Gasteiger partial charge in [-0.2, -0.15) is 0 Å². The second-order valence-corrected chi connectivity index (χ2v) is 13.9. The van der Waals surface area contributed by atoms with E-state index < -0.39 is 27.3 Å². The lowest BCUT2D eigenvalue weighted by Gasteiger charge is -2.39. The third kappa shape index (κ3) is 9.64. The summed E-state index contributed by atoms with van der Waals surface area (Å²) in [5.74, 6) is -1.88. The molecule has 1 aromatic carbocycles. The molecule has 2 heterocycles. The number of hydrogen-bond acceptors (Lipinski definition) is 9. The lowest BCUT2D eigenvalue weighted by atomic mass is 9.97. The third-order valence-corrected chi connectivity index (χ3v) is 6.47. The van der Waals surface area contributed by atoms with Gasteiger partial charge in [-0.1, -0.05) is 26.0 Å². The molecular weight excluding hydrogens is 537 g/mol. The summed E-state index contributed by atoms with van der Waals surface area (Å²) in [5.41, 5.74) is 1.94. The van der Waals surface area contributed by atoms with E-state index in [2.05, 4.69) is 15.3 Å². The molecule has 1 fully saturated rings. The van der Waals surface area contributed by atoms with Crippen LogP contribution in [-0.2, 0) is 28.8 Å². The summed E-state index contributed by atoms with van der Waals surface area (Å²) in [4.78, 5) is 21.7. The SMILES string of the molecule is CC(C)c1nc(NCS(C)(=O)=O)nc(-c2ccc(F)cc2)c1C=CC1CC(CC(=O)OC(C)(C)C)OC(C)(C)O1. The van der Waals surface area contributed by atoms with Crippen LogP contribution in [0.4, 0.5) is 10.3 Å². The first kappa shape index (κ1) is 31.6. The Balaban J connectivity index is 1.99. The number of hydrogen-bond donors (Lipinski definition) is 1. The van der Waals surface area contributed by atoms with E-state index in [0.29, 0.717) is 28.9 Å². The van der Waals surface area contributed by atoms with Crippen molar-refractivity contribution in [1.29, 1.82) is 0 Å². The zero-order valence-electron chi connectivity index (χ0n) is 24.4. The van der Waals surface area contributed by atoms with Crippen molar-refractivity contribution in [2.75, 3.05) is 17.4 Å². The van der Waals surface area contributed by atoms with Gasteiger partial charge in [-0.3, -0.25) is 4.79 Å². The standard InChI is InChI=1S/C29H40FN3O6S/c1-18(2)25-23(14-13-21-15-22(38-29(6,7)37-21)16-24(34)39-28(3,4)5)26(19-9-11-20(30)12-10-19)33-27(32-25)31-17-40(8,35)36/h9-14,18,21-22H,15-17H2,1-8H3,(H,31,32,33). The van der Waals surface area contributed by atoms with Gasteiger partial charge in [0.25, 0.3) is 0 Å². The number of aromatic nitrogens is 2. The maximum atomic E-state index is 13.7. The van der Waals surface area contributed by atoms with Crippen molar-refractivity contribution in [3.63, 3.8) is 0 Å². The quantitative estimate of drug-likeness (QED) is 0.387. The highest BCUT2D eigenvalue weighted by molar-refractivity contribution is 7.90. The summed E-state index contributed by atoms with van der Waals surface area (Å²) < 4.78 is 54.9. The average molecular weight is 578 g/mol. The number of carbonyl (C=O) groups is 1. The van der Waals surface area contributed by atoms with Crippen molar-refractivity contribution in [2.45, 2.75) is 90.8 Å². The molecule has 2 unspecified atom stereocenters. The summed E-state index contributed by atoms with van der Waals surface area (Å²) in [6.07, 6.45) is 4.59. The molecule has 0 spiro atoms. The molecule has 0 bridgehead atoms. The van der Waals surface area contributed by atoms with Gasteiger partial charge < -0.3 is 19.5 Å². The Morgan fingerprint density at radius 1 is 1.20 bits per heavy atom. The molecule has 1 aliphatic rings.